The Morgan fingerprint density at radius 3 is 2.47 bits per heavy atom. The smallest absolute Gasteiger partial charge is 0.302 e. The third kappa shape index (κ3) is 4.22. The van der Waals surface area contributed by atoms with E-state index in [0.717, 1.165) is 54.3 Å². The molecular formula is C30H50O2. The maximum Gasteiger partial charge on any atom is 0.302 e. The summed E-state index contributed by atoms with van der Waals surface area (Å²) < 4.78 is 5.64. The fourth-order valence-corrected chi connectivity index (χ4v) is 8.93. The van der Waals surface area contributed by atoms with Crippen molar-refractivity contribution >= 4 is 5.97 Å². The van der Waals surface area contributed by atoms with Crippen molar-refractivity contribution in [3.8, 4) is 0 Å². The van der Waals surface area contributed by atoms with Crippen LogP contribution in [0.15, 0.2) is 12.2 Å². The van der Waals surface area contributed by atoms with E-state index >= 15 is 0 Å². The summed E-state index contributed by atoms with van der Waals surface area (Å²) in [5.74, 6) is 6.40. The molecule has 2 nitrogen and oxygen atoms in total. The number of fused-ring (bicyclic) bond motifs is 5. The zero-order valence-corrected chi connectivity index (χ0v) is 22.0. The van der Waals surface area contributed by atoms with Gasteiger partial charge in [-0.05, 0) is 103 Å². The van der Waals surface area contributed by atoms with E-state index in [1.165, 1.54) is 44.9 Å². The third-order valence-corrected chi connectivity index (χ3v) is 11.4. The molecule has 10 atom stereocenters. The molecule has 0 bridgehead atoms. The van der Waals surface area contributed by atoms with Crippen LogP contribution >= 0.6 is 0 Å². The van der Waals surface area contributed by atoms with Gasteiger partial charge in [0.15, 0.2) is 0 Å². The molecule has 4 aliphatic carbocycles. The molecule has 0 aromatic heterocycles. The molecule has 32 heavy (non-hydrogen) atoms. The van der Waals surface area contributed by atoms with E-state index < -0.39 is 0 Å². The van der Waals surface area contributed by atoms with Crippen LogP contribution in [0, 0.1) is 58.2 Å². The van der Waals surface area contributed by atoms with Crippen LogP contribution in [0.3, 0.4) is 0 Å². The van der Waals surface area contributed by atoms with Gasteiger partial charge in [0.1, 0.15) is 6.10 Å². The van der Waals surface area contributed by atoms with Gasteiger partial charge in [-0.25, -0.2) is 0 Å². The zero-order valence-electron chi connectivity index (χ0n) is 22.0. The standard InChI is InChI=1S/C30H50O2/c1-19(2)20(3)8-9-21(4)26-12-13-27-25-11-10-23-18-24(32-22(5)31)14-16-29(23,6)28(25)15-17-30(26,27)7/h15,17,19-21,23-28H,8-14,16,18H2,1-7H3/t20-,21+,23-,24-,25-,26+,27-,28-,29-,30+/m0/s1. The number of hydrogen-bond donors (Lipinski definition) is 0. The number of carbonyl (C=O) groups is 1. The van der Waals surface area contributed by atoms with Crippen molar-refractivity contribution in [3.05, 3.63) is 12.2 Å². The third-order valence-electron chi connectivity index (χ3n) is 11.4. The van der Waals surface area contributed by atoms with Crippen LogP contribution < -0.4 is 0 Å². The second-order valence-corrected chi connectivity index (χ2v) is 13.3. The molecule has 0 aromatic carbocycles. The highest BCUT2D eigenvalue weighted by atomic mass is 16.5. The average Bonchev–Trinajstić information content (AvgIpc) is 3.08. The molecule has 0 unspecified atom stereocenters. The Labute approximate surface area is 198 Å². The van der Waals surface area contributed by atoms with Gasteiger partial charge in [0, 0.05) is 6.92 Å². The van der Waals surface area contributed by atoms with Crippen molar-refractivity contribution in [1.29, 1.82) is 0 Å². The number of allylic oxidation sites excluding steroid dienone is 2. The van der Waals surface area contributed by atoms with Crippen LogP contribution in [0.25, 0.3) is 0 Å². The maximum atomic E-state index is 11.5. The minimum atomic E-state index is -0.102. The van der Waals surface area contributed by atoms with Gasteiger partial charge < -0.3 is 4.74 Å². The van der Waals surface area contributed by atoms with E-state index in [1.807, 2.05) is 0 Å². The lowest BCUT2D eigenvalue weighted by atomic mass is 9.46. The highest BCUT2D eigenvalue weighted by Crippen LogP contribution is 2.66. The molecule has 0 spiro atoms. The highest BCUT2D eigenvalue weighted by molar-refractivity contribution is 5.66. The largest absolute Gasteiger partial charge is 0.463 e. The van der Waals surface area contributed by atoms with Gasteiger partial charge in [-0.15, -0.1) is 0 Å². The fraction of sp³-hybridized carbons (Fsp3) is 0.900. The minimum absolute atomic E-state index is 0.102. The predicted octanol–water partition coefficient (Wildman–Crippen LogP) is 8.06. The number of carbonyl (C=O) groups excluding carboxylic acids is 1. The van der Waals surface area contributed by atoms with Crippen LogP contribution in [0.2, 0.25) is 0 Å². The number of hydrogen-bond acceptors (Lipinski definition) is 2. The Morgan fingerprint density at radius 2 is 1.78 bits per heavy atom. The lowest BCUT2D eigenvalue weighted by Crippen LogP contribution is -2.52. The lowest BCUT2D eigenvalue weighted by molar-refractivity contribution is -0.154. The molecule has 0 saturated heterocycles. The van der Waals surface area contributed by atoms with Crippen LogP contribution in [0.5, 0.6) is 0 Å². The van der Waals surface area contributed by atoms with Crippen LogP contribution in [-0.4, -0.2) is 12.1 Å². The molecule has 2 heteroatoms. The number of rotatable bonds is 6. The van der Waals surface area contributed by atoms with Gasteiger partial charge in [0.05, 0.1) is 0 Å². The van der Waals surface area contributed by atoms with Gasteiger partial charge in [-0.2, -0.15) is 0 Å². The summed E-state index contributed by atoms with van der Waals surface area (Å²) in [5.41, 5.74) is 0.799. The summed E-state index contributed by atoms with van der Waals surface area (Å²) in [6.07, 6.45) is 17.3. The predicted molar refractivity (Wildman–Crippen MR) is 133 cm³/mol. The fourth-order valence-electron chi connectivity index (χ4n) is 8.93. The summed E-state index contributed by atoms with van der Waals surface area (Å²) in [7, 11) is 0. The van der Waals surface area contributed by atoms with Crippen molar-refractivity contribution in [2.75, 3.05) is 0 Å². The van der Waals surface area contributed by atoms with E-state index in [1.54, 1.807) is 6.92 Å². The van der Waals surface area contributed by atoms with Crippen LogP contribution in [-0.2, 0) is 9.53 Å². The van der Waals surface area contributed by atoms with Gasteiger partial charge >= 0.3 is 5.97 Å². The lowest BCUT2D eigenvalue weighted by Gasteiger charge is -2.59. The van der Waals surface area contributed by atoms with Crippen molar-refractivity contribution in [2.24, 2.45) is 58.2 Å². The normalized spacial score (nSPS) is 45.0. The monoisotopic (exact) mass is 442 g/mol. The van der Waals surface area contributed by atoms with E-state index in [4.69, 9.17) is 4.74 Å². The molecule has 0 heterocycles. The molecule has 182 valence electrons. The first-order valence-electron chi connectivity index (χ1n) is 13.9. The van der Waals surface area contributed by atoms with E-state index in [-0.39, 0.29) is 12.1 Å². The average molecular weight is 443 g/mol. The summed E-state index contributed by atoms with van der Waals surface area (Å²) >= 11 is 0. The van der Waals surface area contributed by atoms with Crippen molar-refractivity contribution in [1.82, 2.24) is 0 Å². The summed E-state index contributed by atoms with van der Waals surface area (Å²) in [5, 5.41) is 0. The summed E-state index contributed by atoms with van der Waals surface area (Å²) in [4.78, 5) is 11.5. The molecular weight excluding hydrogens is 392 g/mol. The van der Waals surface area contributed by atoms with Crippen molar-refractivity contribution < 1.29 is 9.53 Å². The molecule has 0 aliphatic heterocycles. The first kappa shape index (κ1) is 24.3. The van der Waals surface area contributed by atoms with Gasteiger partial charge in [-0.1, -0.05) is 66.5 Å². The number of esters is 1. The Kier molecular flexibility index (Phi) is 6.92. The van der Waals surface area contributed by atoms with Gasteiger partial charge in [0.2, 0.25) is 0 Å². The molecule has 4 aliphatic rings. The number of ether oxygens (including phenoxy) is 1. The van der Waals surface area contributed by atoms with Crippen molar-refractivity contribution in [2.45, 2.75) is 112 Å². The molecule has 0 N–H and O–H groups in total. The highest BCUT2D eigenvalue weighted by Gasteiger charge is 2.59. The second kappa shape index (κ2) is 9.10. The first-order chi connectivity index (χ1) is 15.1. The summed E-state index contributed by atoms with van der Waals surface area (Å²) in [6, 6.07) is 0. The second-order valence-electron chi connectivity index (χ2n) is 13.3. The first-order valence-corrected chi connectivity index (χ1v) is 13.9. The minimum Gasteiger partial charge on any atom is -0.463 e. The maximum absolute atomic E-state index is 11.5. The van der Waals surface area contributed by atoms with Crippen molar-refractivity contribution in [3.63, 3.8) is 0 Å². The molecule has 3 fully saturated rings. The molecule has 3 saturated carbocycles. The SMILES string of the molecule is CC(=O)O[C@H]1CC[C@@]2(C)[C@@H](CC[C@H]3[C@@H]4CC[C@H]([C@H](C)CC[C@H](C)C(C)C)[C@@]4(C)C=C[C@@H]32)C1. The van der Waals surface area contributed by atoms with Gasteiger partial charge in [-0.3, -0.25) is 4.79 Å². The summed E-state index contributed by atoms with van der Waals surface area (Å²) in [6.45, 7) is 16.5. The Morgan fingerprint density at radius 1 is 1.03 bits per heavy atom. The Hall–Kier alpha value is -0.790. The van der Waals surface area contributed by atoms with E-state index in [2.05, 4.69) is 53.7 Å². The van der Waals surface area contributed by atoms with Crippen LogP contribution in [0.4, 0.5) is 0 Å². The Bertz CT molecular complexity index is 710. The van der Waals surface area contributed by atoms with E-state index in [9.17, 15) is 4.79 Å². The van der Waals surface area contributed by atoms with Gasteiger partial charge in [0.25, 0.3) is 0 Å². The topological polar surface area (TPSA) is 26.3 Å². The molecule has 4 rings (SSSR count). The Balaban J connectivity index is 1.48. The molecule has 0 aromatic rings. The zero-order chi connectivity index (χ0) is 23.3. The quantitative estimate of drug-likeness (QED) is 0.307. The molecule has 0 amide bonds. The van der Waals surface area contributed by atoms with Crippen LogP contribution in [0.1, 0.15) is 106 Å². The molecule has 0 radical (unpaired) electrons. The van der Waals surface area contributed by atoms with E-state index in [0.29, 0.717) is 16.7 Å².